The average Bonchev–Trinajstić information content (AvgIpc) is 3.20. The van der Waals surface area contributed by atoms with Crippen LogP contribution in [0.25, 0.3) is 12.2 Å². The van der Waals surface area contributed by atoms with Crippen LogP contribution in [-0.2, 0) is 20.2 Å². The van der Waals surface area contributed by atoms with Gasteiger partial charge in [0.1, 0.15) is 34.7 Å². The summed E-state index contributed by atoms with van der Waals surface area (Å²) in [4.78, 5) is 26.9. The van der Waals surface area contributed by atoms with E-state index in [9.17, 15) is 46.4 Å². The summed E-state index contributed by atoms with van der Waals surface area (Å²) in [6.45, 7) is 5.57. The highest BCUT2D eigenvalue weighted by molar-refractivity contribution is 7.86. The highest BCUT2D eigenvalue weighted by Crippen LogP contribution is 2.30. The van der Waals surface area contributed by atoms with Gasteiger partial charge in [-0.2, -0.15) is 46.7 Å². The van der Waals surface area contributed by atoms with Gasteiger partial charge >= 0.3 is 0 Å². The van der Waals surface area contributed by atoms with Crippen molar-refractivity contribution >= 4 is 90.8 Å². The summed E-state index contributed by atoms with van der Waals surface area (Å²) in [5, 5.41) is 53.2. The van der Waals surface area contributed by atoms with Crippen LogP contribution in [0, 0.1) is 0 Å². The first-order chi connectivity index (χ1) is 30.2. The quantitative estimate of drug-likeness (QED) is 0.0307. The second kappa shape index (κ2) is 21.8. The molecule has 26 heteroatoms. The zero-order valence-corrected chi connectivity index (χ0v) is 37.5. The van der Waals surface area contributed by atoms with Crippen LogP contribution in [0.5, 0.6) is 0 Å². The fourth-order valence-electron chi connectivity index (χ4n) is 6.16. The first-order valence-electron chi connectivity index (χ1n) is 19.2. The molecule has 0 aliphatic heterocycles. The van der Waals surface area contributed by atoms with E-state index in [1.54, 1.807) is 60.7 Å². The highest BCUT2D eigenvalue weighted by Gasteiger charge is 2.25. The molecule has 2 aromatic heterocycles. The maximum atomic E-state index is 12.7. The number of aromatic nitrogens is 6. The van der Waals surface area contributed by atoms with Crippen LogP contribution in [0.2, 0.25) is 0 Å². The number of aliphatic hydroxyl groups excluding tert-OH is 4. The van der Waals surface area contributed by atoms with Gasteiger partial charge in [0.25, 0.3) is 20.2 Å². The Bertz CT molecular complexity index is 2640. The predicted molar refractivity (Wildman–Crippen MR) is 249 cm³/mol. The van der Waals surface area contributed by atoms with E-state index in [-0.39, 0.29) is 70.5 Å². The number of nitrogens with zero attached hydrogens (tertiary/aromatic N) is 8. The van der Waals surface area contributed by atoms with Gasteiger partial charge in [0.15, 0.2) is 0 Å². The Labute approximate surface area is 379 Å². The topological polar surface area (TPSA) is 392 Å². The largest absolute Gasteiger partial charge is 0.374 e. The molecule has 24 nitrogen and oxygen atoms in total. The Morgan fingerprint density at radius 2 is 0.742 bits per heavy atom. The molecule has 0 aliphatic rings. The van der Waals surface area contributed by atoms with E-state index in [0.717, 1.165) is 21.9 Å². The maximum absolute atomic E-state index is 12.7. The van der Waals surface area contributed by atoms with Gasteiger partial charge in [-0.1, -0.05) is 60.7 Å². The minimum Gasteiger partial charge on any atom is -0.374 e. The van der Waals surface area contributed by atoms with Crippen LogP contribution in [0.4, 0.5) is 58.4 Å². The van der Waals surface area contributed by atoms with E-state index < -0.39 is 54.9 Å². The van der Waals surface area contributed by atoms with Gasteiger partial charge in [-0.3, -0.25) is 18.9 Å². The zero-order chi connectivity index (χ0) is 46.3. The molecule has 352 valence electrons. The molecule has 16 N–H and O–H groups in total. The summed E-state index contributed by atoms with van der Waals surface area (Å²) in [7, 11) is -9.87. The smallest absolute Gasteiger partial charge is 0.295 e. The molecule has 0 aliphatic carbocycles. The molecule has 6 aromatic rings. The van der Waals surface area contributed by atoms with Crippen molar-refractivity contribution in [2.75, 3.05) is 31.1 Å². The molecule has 4 unspecified atom stereocenters. The van der Waals surface area contributed by atoms with Gasteiger partial charge in [0.2, 0.25) is 35.7 Å². The van der Waals surface area contributed by atoms with Crippen LogP contribution < -0.4 is 43.4 Å². The van der Waals surface area contributed by atoms with Gasteiger partial charge in [0, 0.05) is 22.7 Å². The molecule has 0 amide bonds. The number of anilines is 10. The first-order valence-corrected chi connectivity index (χ1v) is 22.0. The molecular weight excluding hydrogens is 901 g/mol. The van der Waals surface area contributed by atoms with E-state index in [1.165, 1.54) is 64.1 Å². The summed E-state index contributed by atoms with van der Waals surface area (Å²) in [5.74, 6) is -0.588. The van der Waals surface area contributed by atoms with Crippen molar-refractivity contribution in [3.8, 4) is 0 Å². The van der Waals surface area contributed by atoms with E-state index in [0.29, 0.717) is 11.4 Å². The number of benzene rings is 4. The molecular formula is C40H50N14O10S2. The second-order valence-corrected chi connectivity index (χ2v) is 16.7. The Balaban J connectivity index is 0.00000476. The number of aliphatic hydroxyl groups is 4. The minimum atomic E-state index is -4.94. The van der Waals surface area contributed by atoms with Gasteiger partial charge in [-0.15, -0.1) is 0 Å². The van der Waals surface area contributed by atoms with E-state index >= 15 is 0 Å². The normalized spacial score (nSPS) is 13.3. The molecule has 0 radical (unpaired) electrons. The third-order valence-corrected chi connectivity index (χ3v) is 10.7. The van der Waals surface area contributed by atoms with Crippen LogP contribution in [-0.4, -0.2) is 101 Å². The molecule has 2 heterocycles. The number of rotatable bonds is 18. The van der Waals surface area contributed by atoms with Crippen molar-refractivity contribution in [3.05, 3.63) is 108 Å². The fraction of sp³-hybridized carbons (Fsp3) is 0.200. The van der Waals surface area contributed by atoms with Crippen LogP contribution in [0.15, 0.2) is 107 Å². The Morgan fingerprint density at radius 3 is 1.02 bits per heavy atom. The number of para-hydroxylation sites is 2. The van der Waals surface area contributed by atoms with E-state index in [4.69, 9.17) is 0 Å². The van der Waals surface area contributed by atoms with Gasteiger partial charge in [0.05, 0.1) is 0 Å². The third-order valence-electron chi connectivity index (χ3n) is 8.92. The molecule has 4 aromatic carbocycles. The number of hydrogen-bond donors (Lipinski definition) is 12. The van der Waals surface area contributed by atoms with Crippen molar-refractivity contribution < 1.29 is 46.4 Å². The van der Waals surface area contributed by atoms with Crippen molar-refractivity contribution in [2.24, 2.45) is 0 Å². The lowest BCUT2D eigenvalue weighted by Gasteiger charge is -2.28. The van der Waals surface area contributed by atoms with Gasteiger partial charge in [-0.05, 0) is 87.4 Å². The van der Waals surface area contributed by atoms with Crippen LogP contribution in [0.3, 0.4) is 0 Å². The van der Waals surface area contributed by atoms with Crippen molar-refractivity contribution in [1.82, 2.24) is 42.2 Å². The van der Waals surface area contributed by atoms with Gasteiger partial charge in [-0.25, -0.2) is 0 Å². The molecule has 4 atom stereocenters. The highest BCUT2D eigenvalue weighted by atomic mass is 32.2. The minimum absolute atomic E-state index is 0. The average molecular weight is 951 g/mol. The second-order valence-electron chi connectivity index (χ2n) is 13.9. The van der Waals surface area contributed by atoms with Crippen LogP contribution >= 0.6 is 0 Å². The van der Waals surface area contributed by atoms with E-state index in [2.05, 4.69) is 51.2 Å². The zero-order valence-electron chi connectivity index (χ0n) is 35.8. The summed E-state index contributed by atoms with van der Waals surface area (Å²) in [6, 6.07) is 25.2. The Hall–Kier alpha value is -6.98. The molecule has 0 saturated heterocycles. The van der Waals surface area contributed by atoms with Crippen molar-refractivity contribution in [2.45, 2.75) is 62.4 Å². The lowest BCUT2D eigenvalue weighted by atomic mass is 10.1. The maximum Gasteiger partial charge on any atom is 0.295 e. The van der Waals surface area contributed by atoms with Crippen molar-refractivity contribution in [3.63, 3.8) is 0 Å². The summed E-state index contributed by atoms with van der Waals surface area (Å²) in [6.07, 6.45) is -2.55. The molecule has 6 rings (SSSR count). The molecule has 66 heavy (non-hydrogen) atoms. The summed E-state index contributed by atoms with van der Waals surface area (Å²) >= 11 is 0. The fourth-order valence-corrected chi connectivity index (χ4v) is 7.58. The number of hydrogen-bond acceptors (Lipinski definition) is 22. The monoisotopic (exact) mass is 950 g/mol. The molecule has 0 spiro atoms. The van der Waals surface area contributed by atoms with E-state index in [1.807, 2.05) is 0 Å². The van der Waals surface area contributed by atoms with Gasteiger partial charge < -0.3 is 54.0 Å². The number of nitrogens with one attached hydrogen (secondary N) is 4. The first kappa shape index (κ1) is 51.7. The summed E-state index contributed by atoms with van der Waals surface area (Å²) in [5.41, 5.74) is 1.14. The predicted octanol–water partition coefficient (Wildman–Crippen LogP) is 4.98. The molecule has 0 bridgehead atoms. The Morgan fingerprint density at radius 1 is 0.455 bits per heavy atom. The van der Waals surface area contributed by atoms with Crippen molar-refractivity contribution in [1.29, 1.82) is 0 Å². The van der Waals surface area contributed by atoms with Crippen LogP contribution in [0.1, 0.15) is 38.8 Å². The lowest BCUT2D eigenvalue weighted by Crippen LogP contribution is -2.41. The third kappa shape index (κ3) is 13.3. The standard InChI is InChI=1S/C40H44N12O10S2.2H3N/c1-23(53)51(24(2)54)39-47-35(41-29-11-7-5-8-12-29)45-37(49-39)43-31-19-17-27(33(21-31)63(57,58)59)15-16-28-18-20-32(22-34(28)64(60,61)62)44-38-46-36(42-30-13-9-6-10-14-30)48-40(50-38)52(25(3)55)26(4)56;;/h5-26,53-56H,1-4H3,(H,57,58,59)(H,60,61,62)(H2,41,43,45,47,49)(H2,42,44,46,48,50);2*1H3. The molecule has 0 saturated carbocycles. The molecule has 0 fully saturated rings. The Kier molecular flexibility index (Phi) is 17.1. The SMILES string of the molecule is CC(O)N(c1nc(Nc2ccccc2)nc(Nc2ccc(C=Cc3ccc(Nc4nc(Nc5ccccc5)nc(N(C(C)O)C(C)O)n4)cc3S(=O)(=O)O)c(S(=O)(=O)O)c2)n1)C(C)O.N.N. The lowest BCUT2D eigenvalue weighted by molar-refractivity contribution is 0.102. The summed E-state index contributed by atoms with van der Waals surface area (Å²) < 4.78 is 71.4.